The van der Waals surface area contributed by atoms with Crippen molar-refractivity contribution in [3.8, 4) is 5.75 Å². The van der Waals surface area contributed by atoms with Gasteiger partial charge in [-0.25, -0.2) is 30.6 Å². The van der Waals surface area contributed by atoms with Gasteiger partial charge in [-0.2, -0.15) is 4.98 Å². The molecule has 1 fully saturated rings. The summed E-state index contributed by atoms with van der Waals surface area (Å²) in [5.74, 6) is -1.90. The number of nitrogens with zero attached hydrogens (tertiary/aromatic N) is 6. The van der Waals surface area contributed by atoms with Crippen LogP contribution in [0.2, 0.25) is 0 Å². The van der Waals surface area contributed by atoms with Crippen molar-refractivity contribution in [3.63, 3.8) is 0 Å². The van der Waals surface area contributed by atoms with Crippen LogP contribution < -0.4 is 20.5 Å². The number of benzene rings is 3. The highest BCUT2D eigenvalue weighted by atomic mass is 32.2. The largest absolute Gasteiger partial charge is 0.495 e. The first-order chi connectivity index (χ1) is 24.0. The molecule has 1 amide bonds. The van der Waals surface area contributed by atoms with E-state index in [1.807, 2.05) is 18.9 Å². The molecule has 12 nitrogen and oxygen atoms in total. The summed E-state index contributed by atoms with van der Waals surface area (Å²) in [7, 11) is -0.793. The Hall–Kier alpha value is -5.41. The number of nitrogens with one attached hydrogen (secondary N) is 1. The van der Waals surface area contributed by atoms with E-state index in [0.717, 1.165) is 45.0 Å². The summed E-state index contributed by atoms with van der Waals surface area (Å²) in [6, 6.07) is 12.5. The molecule has 8 rings (SSSR count). The van der Waals surface area contributed by atoms with Crippen molar-refractivity contribution < 1.29 is 26.7 Å². The Kier molecular flexibility index (Phi) is 7.38. The first-order valence-electron chi connectivity index (χ1n) is 16.0. The summed E-state index contributed by atoms with van der Waals surface area (Å²) in [6.45, 7) is 3.15. The van der Waals surface area contributed by atoms with Gasteiger partial charge >= 0.3 is 0 Å². The second-order valence-electron chi connectivity index (χ2n) is 12.6. The van der Waals surface area contributed by atoms with Crippen LogP contribution in [0.4, 0.5) is 26.1 Å². The summed E-state index contributed by atoms with van der Waals surface area (Å²) in [6.07, 6.45) is 3.58. The number of likely N-dealkylation sites (tertiary alicyclic amines) is 1. The molecular weight excluding hydrogens is 668 g/mol. The van der Waals surface area contributed by atoms with Crippen LogP contribution in [0, 0.1) is 18.6 Å². The Bertz CT molecular complexity index is 2570. The second-order valence-corrected chi connectivity index (χ2v) is 14.5. The molecule has 1 saturated heterocycles. The van der Waals surface area contributed by atoms with Gasteiger partial charge in [-0.3, -0.25) is 14.5 Å². The van der Waals surface area contributed by atoms with Crippen molar-refractivity contribution in [3.05, 3.63) is 93.9 Å². The number of rotatable bonds is 6. The second kappa shape index (κ2) is 11.6. The van der Waals surface area contributed by atoms with E-state index < -0.39 is 32.6 Å². The smallest absolute Gasteiger partial charge is 0.271 e. The maximum Gasteiger partial charge on any atom is 0.271 e. The van der Waals surface area contributed by atoms with Gasteiger partial charge in [0.15, 0.2) is 11.3 Å². The van der Waals surface area contributed by atoms with Gasteiger partial charge in [0.1, 0.15) is 22.8 Å². The number of carbonyl (C=O) groups is 1. The van der Waals surface area contributed by atoms with E-state index in [9.17, 15) is 22.4 Å². The highest BCUT2D eigenvalue weighted by Crippen LogP contribution is 2.40. The lowest BCUT2D eigenvalue weighted by Crippen LogP contribution is -2.43. The summed E-state index contributed by atoms with van der Waals surface area (Å²) in [4.78, 5) is 40.6. The van der Waals surface area contributed by atoms with E-state index in [0.29, 0.717) is 36.2 Å². The lowest BCUT2D eigenvalue weighted by atomic mass is 10.1. The van der Waals surface area contributed by atoms with Gasteiger partial charge in [-0.1, -0.05) is 17.7 Å². The topological polar surface area (TPSA) is 131 Å². The fourth-order valence-electron chi connectivity index (χ4n) is 6.98. The third-order valence-electron chi connectivity index (χ3n) is 9.57. The minimum Gasteiger partial charge on any atom is -0.495 e. The Morgan fingerprint density at radius 2 is 1.80 bits per heavy atom. The number of ether oxygens (including phenoxy) is 1. The number of halogens is 2. The summed E-state index contributed by atoms with van der Waals surface area (Å²) < 4.78 is 65.0. The molecule has 0 bridgehead atoms. The fraction of sp³-hybridized carbons (Fsp3) is 0.257. The quantitative estimate of drug-likeness (QED) is 0.245. The van der Waals surface area contributed by atoms with Crippen LogP contribution in [-0.2, 0) is 21.2 Å². The number of methoxy groups -OCH3 is 1. The molecule has 6 aromatic rings. The number of hydrogen-bond acceptors (Lipinski definition) is 9. The Morgan fingerprint density at radius 1 is 1.02 bits per heavy atom. The van der Waals surface area contributed by atoms with Gasteiger partial charge in [0.25, 0.3) is 15.6 Å². The lowest BCUT2D eigenvalue weighted by Gasteiger charge is -2.26. The van der Waals surface area contributed by atoms with Crippen molar-refractivity contribution in [2.45, 2.75) is 37.1 Å². The van der Waals surface area contributed by atoms with E-state index in [4.69, 9.17) is 4.74 Å². The molecule has 15 heteroatoms. The maximum atomic E-state index is 15.1. The number of aryl methyl sites for hydroxylation is 1. The van der Waals surface area contributed by atoms with Crippen LogP contribution >= 0.6 is 0 Å². The van der Waals surface area contributed by atoms with Gasteiger partial charge in [-0.05, 0) is 75.7 Å². The van der Waals surface area contributed by atoms with Gasteiger partial charge in [0.2, 0.25) is 11.9 Å². The SMILES string of the molecule is COc1cc2c(cc1Nc1nc3c(ccn3S(=O)(=O)c3ccc(C)cc3)c3nc4cc(F)cc(F)c4c(=O)n13)N(C(=O)[C@@H]1CCCN1C)CC2. The fourth-order valence-corrected chi connectivity index (χ4v) is 8.28. The molecule has 0 unspecified atom stereocenters. The van der Waals surface area contributed by atoms with Crippen molar-refractivity contribution in [1.82, 2.24) is 23.2 Å². The molecule has 3 aromatic heterocycles. The van der Waals surface area contributed by atoms with Crippen molar-refractivity contribution >= 4 is 60.8 Å². The molecular formula is C35H31F2N7O5S. The average Bonchev–Trinajstić information content (AvgIpc) is 3.82. The standard InChI is InChI=1S/C35H31F2N7O5S/c1-19-6-8-22(9-7-19)50(47,48)43-14-11-23-31(43)40-35(44-32(23)38-26-17-21(36)16-24(37)30(26)34(44)46)39-25-18-28-20(15-29(25)49-3)10-13-42(28)33(45)27-5-4-12-41(27)2/h6-9,11,14-18,27H,4-5,10,12-13H2,1-3H3,(H,39,40)/t27-/m0/s1. The van der Waals surface area contributed by atoms with Crippen LogP contribution in [0.3, 0.4) is 0 Å². The molecule has 0 saturated carbocycles. The minimum atomic E-state index is -4.20. The zero-order valence-corrected chi connectivity index (χ0v) is 28.1. The Labute approximate surface area is 284 Å². The first kappa shape index (κ1) is 31.8. The molecule has 5 heterocycles. The van der Waals surface area contributed by atoms with Crippen LogP contribution in [0.5, 0.6) is 5.75 Å². The highest BCUT2D eigenvalue weighted by Gasteiger charge is 2.35. The van der Waals surface area contributed by atoms with Crippen LogP contribution in [0.25, 0.3) is 27.6 Å². The maximum absolute atomic E-state index is 15.1. The molecule has 2 aliphatic heterocycles. The third-order valence-corrected chi connectivity index (χ3v) is 11.3. The number of carbonyl (C=O) groups excluding carboxylic acids is 1. The van der Waals surface area contributed by atoms with Gasteiger partial charge in [-0.15, -0.1) is 0 Å². The molecule has 1 N–H and O–H groups in total. The van der Waals surface area contributed by atoms with Gasteiger partial charge in [0.05, 0.1) is 34.6 Å². The number of hydrogen-bond donors (Lipinski definition) is 1. The summed E-state index contributed by atoms with van der Waals surface area (Å²) >= 11 is 0. The Balaban J connectivity index is 1.35. The molecule has 0 spiro atoms. The van der Waals surface area contributed by atoms with E-state index in [1.165, 1.54) is 31.5 Å². The van der Waals surface area contributed by atoms with Crippen LogP contribution in [0.1, 0.15) is 24.0 Å². The van der Waals surface area contributed by atoms with E-state index in [-0.39, 0.29) is 45.0 Å². The van der Waals surface area contributed by atoms with Crippen LogP contribution in [-0.4, -0.2) is 70.9 Å². The molecule has 256 valence electrons. The number of anilines is 3. The van der Waals surface area contributed by atoms with Crippen molar-refractivity contribution in [1.29, 1.82) is 0 Å². The van der Waals surface area contributed by atoms with Crippen LogP contribution in [0.15, 0.2) is 70.5 Å². The predicted molar refractivity (Wildman–Crippen MR) is 184 cm³/mol. The van der Waals surface area contributed by atoms with Crippen molar-refractivity contribution in [2.75, 3.05) is 37.5 Å². The van der Waals surface area contributed by atoms with Gasteiger partial charge in [0, 0.05) is 30.6 Å². The first-order valence-corrected chi connectivity index (χ1v) is 17.4. The zero-order chi connectivity index (χ0) is 35.1. The van der Waals surface area contributed by atoms with E-state index >= 15 is 4.39 Å². The molecule has 2 aliphatic rings. The third kappa shape index (κ3) is 4.90. The molecule has 1 atom stereocenters. The lowest BCUT2D eigenvalue weighted by molar-refractivity contribution is -0.122. The monoisotopic (exact) mass is 699 g/mol. The van der Waals surface area contributed by atoms with E-state index in [1.54, 1.807) is 29.2 Å². The number of aromatic nitrogens is 4. The minimum absolute atomic E-state index is 0.00254. The molecule has 50 heavy (non-hydrogen) atoms. The normalized spacial score (nSPS) is 16.5. The van der Waals surface area contributed by atoms with Crippen molar-refractivity contribution in [2.24, 2.45) is 0 Å². The average molecular weight is 700 g/mol. The molecule has 0 aliphatic carbocycles. The molecule has 3 aromatic carbocycles. The number of fused-ring (bicyclic) bond motifs is 5. The number of likely N-dealkylation sites (N-methyl/N-ethyl adjacent to an activating group) is 1. The summed E-state index contributed by atoms with van der Waals surface area (Å²) in [5, 5.41) is 2.78. The Morgan fingerprint density at radius 3 is 2.52 bits per heavy atom. The highest BCUT2D eigenvalue weighted by molar-refractivity contribution is 7.90. The number of amides is 1. The summed E-state index contributed by atoms with van der Waals surface area (Å²) in [5.41, 5.74) is 1.41. The predicted octanol–water partition coefficient (Wildman–Crippen LogP) is 4.76. The van der Waals surface area contributed by atoms with E-state index in [2.05, 4.69) is 15.3 Å². The van der Waals surface area contributed by atoms with Gasteiger partial charge < -0.3 is 15.0 Å². The zero-order valence-electron chi connectivity index (χ0n) is 27.3. The molecule has 0 radical (unpaired) electrons.